The fourth-order valence-corrected chi connectivity index (χ4v) is 3.76. The molecule has 4 rings (SSSR count). The second-order valence-electron chi connectivity index (χ2n) is 6.20. The minimum atomic E-state index is -0.430. The maximum atomic E-state index is 12.5. The number of ether oxygens (including phenoxy) is 2. The SMILES string of the molecule is COc1cccc(-c2nnc(NC(=O)Cn3ncc4ccccc4c3=O)s2)c1OC. The third kappa shape index (κ3) is 3.72. The van der Waals surface area contributed by atoms with Crippen molar-refractivity contribution in [3.63, 3.8) is 0 Å². The molecule has 2 heterocycles. The van der Waals surface area contributed by atoms with E-state index in [2.05, 4.69) is 20.6 Å². The second kappa shape index (κ2) is 8.29. The van der Waals surface area contributed by atoms with Crippen LogP contribution in [0.3, 0.4) is 0 Å². The summed E-state index contributed by atoms with van der Waals surface area (Å²) in [5, 5.41) is 16.9. The number of carbonyl (C=O) groups excluding carboxylic acids is 1. The second-order valence-corrected chi connectivity index (χ2v) is 7.17. The van der Waals surface area contributed by atoms with Gasteiger partial charge in [0.15, 0.2) is 16.5 Å². The summed E-state index contributed by atoms with van der Waals surface area (Å²) in [7, 11) is 3.09. The van der Waals surface area contributed by atoms with Crippen molar-refractivity contribution in [2.24, 2.45) is 0 Å². The molecule has 9 nitrogen and oxygen atoms in total. The van der Waals surface area contributed by atoms with Gasteiger partial charge in [-0.05, 0) is 18.2 Å². The number of hydrogen-bond acceptors (Lipinski definition) is 8. The van der Waals surface area contributed by atoms with Gasteiger partial charge >= 0.3 is 0 Å². The smallest absolute Gasteiger partial charge is 0.275 e. The van der Waals surface area contributed by atoms with E-state index in [1.165, 1.54) is 11.3 Å². The molecule has 1 N–H and O–H groups in total. The Hall–Kier alpha value is -3.79. The van der Waals surface area contributed by atoms with E-state index in [1.54, 1.807) is 44.7 Å². The highest BCUT2D eigenvalue weighted by atomic mass is 32.1. The molecule has 0 saturated heterocycles. The van der Waals surface area contributed by atoms with E-state index in [1.807, 2.05) is 18.2 Å². The monoisotopic (exact) mass is 423 g/mol. The highest BCUT2D eigenvalue weighted by Crippen LogP contribution is 2.39. The minimum absolute atomic E-state index is 0.235. The average Bonchev–Trinajstić information content (AvgIpc) is 3.23. The van der Waals surface area contributed by atoms with Crippen LogP contribution in [0.1, 0.15) is 0 Å². The van der Waals surface area contributed by atoms with Crippen LogP contribution in [-0.4, -0.2) is 40.1 Å². The van der Waals surface area contributed by atoms with Crippen molar-refractivity contribution < 1.29 is 14.3 Å². The minimum Gasteiger partial charge on any atom is -0.493 e. The maximum absolute atomic E-state index is 12.5. The van der Waals surface area contributed by atoms with Gasteiger partial charge in [-0.1, -0.05) is 35.6 Å². The van der Waals surface area contributed by atoms with E-state index in [0.29, 0.717) is 32.6 Å². The highest BCUT2D eigenvalue weighted by molar-refractivity contribution is 7.18. The first-order valence-electron chi connectivity index (χ1n) is 8.90. The number of para-hydroxylation sites is 1. The van der Waals surface area contributed by atoms with E-state index >= 15 is 0 Å². The lowest BCUT2D eigenvalue weighted by Crippen LogP contribution is -2.29. The van der Waals surface area contributed by atoms with Gasteiger partial charge in [0.2, 0.25) is 11.0 Å². The number of nitrogens with zero attached hydrogens (tertiary/aromatic N) is 4. The molecule has 0 radical (unpaired) electrons. The molecule has 0 aliphatic carbocycles. The number of benzene rings is 2. The number of aromatic nitrogens is 4. The van der Waals surface area contributed by atoms with E-state index < -0.39 is 5.91 Å². The van der Waals surface area contributed by atoms with E-state index in [-0.39, 0.29) is 12.1 Å². The molecule has 0 unspecified atom stereocenters. The first kappa shape index (κ1) is 19.5. The summed E-state index contributed by atoms with van der Waals surface area (Å²) in [6, 6.07) is 12.5. The Labute approximate surface area is 174 Å². The van der Waals surface area contributed by atoms with Crippen molar-refractivity contribution in [2.45, 2.75) is 6.54 Å². The lowest BCUT2D eigenvalue weighted by atomic mass is 10.2. The summed E-state index contributed by atoms with van der Waals surface area (Å²) in [6.45, 7) is -0.235. The van der Waals surface area contributed by atoms with Crippen LogP contribution < -0.4 is 20.3 Å². The third-order valence-corrected chi connectivity index (χ3v) is 5.23. The standard InChI is InChI=1S/C20H17N5O4S/c1-28-15-9-5-8-14(17(15)29-2)18-23-24-20(30-18)22-16(26)11-25-19(27)13-7-4-3-6-12(13)10-21-25/h3-10H,11H2,1-2H3,(H,22,24,26). The summed E-state index contributed by atoms with van der Waals surface area (Å²) in [6.07, 6.45) is 1.56. The molecule has 0 aliphatic rings. The molecule has 0 bridgehead atoms. The van der Waals surface area contributed by atoms with Crippen LogP contribution in [0.5, 0.6) is 11.5 Å². The first-order chi connectivity index (χ1) is 14.6. The lowest BCUT2D eigenvalue weighted by molar-refractivity contribution is -0.117. The van der Waals surface area contributed by atoms with E-state index in [9.17, 15) is 9.59 Å². The van der Waals surface area contributed by atoms with Crippen molar-refractivity contribution in [3.8, 4) is 22.1 Å². The third-order valence-electron chi connectivity index (χ3n) is 4.36. The van der Waals surface area contributed by atoms with Crippen molar-refractivity contribution in [2.75, 3.05) is 19.5 Å². The van der Waals surface area contributed by atoms with Crippen molar-refractivity contribution in [3.05, 3.63) is 59.0 Å². The molecular formula is C20H17N5O4S. The molecule has 30 heavy (non-hydrogen) atoms. The lowest BCUT2D eigenvalue weighted by Gasteiger charge is -2.10. The van der Waals surface area contributed by atoms with Crippen molar-refractivity contribution in [1.82, 2.24) is 20.0 Å². The molecule has 2 aromatic heterocycles. The van der Waals surface area contributed by atoms with Gasteiger partial charge in [-0.2, -0.15) is 5.10 Å². The fourth-order valence-electron chi connectivity index (χ4n) is 2.97. The van der Waals surface area contributed by atoms with Crippen LogP contribution in [-0.2, 0) is 11.3 Å². The molecule has 1 amide bonds. The average molecular weight is 423 g/mol. The number of nitrogens with one attached hydrogen (secondary N) is 1. The van der Waals surface area contributed by atoms with Crippen LogP contribution in [0.4, 0.5) is 5.13 Å². The maximum Gasteiger partial charge on any atom is 0.275 e. The van der Waals surface area contributed by atoms with Gasteiger partial charge < -0.3 is 9.47 Å². The van der Waals surface area contributed by atoms with Gasteiger partial charge in [0.05, 0.1) is 31.4 Å². The molecule has 0 aliphatic heterocycles. The zero-order chi connectivity index (χ0) is 21.1. The van der Waals surface area contributed by atoms with Crippen LogP contribution in [0.2, 0.25) is 0 Å². The molecule has 10 heteroatoms. The van der Waals surface area contributed by atoms with Gasteiger partial charge in [-0.15, -0.1) is 10.2 Å². The Morgan fingerprint density at radius 1 is 1.10 bits per heavy atom. The first-order valence-corrected chi connectivity index (χ1v) is 9.72. The zero-order valence-corrected chi connectivity index (χ0v) is 17.0. The molecule has 0 saturated carbocycles. The number of hydrogen-bond donors (Lipinski definition) is 1. The predicted molar refractivity (Wildman–Crippen MR) is 113 cm³/mol. The van der Waals surface area contributed by atoms with E-state index in [4.69, 9.17) is 9.47 Å². The number of fused-ring (bicyclic) bond motifs is 1. The zero-order valence-electron chi connectivity index (χ0n) is 16.2. The predicted octanol–water partition coefficient (Wildman–Crippen LogP) is 2.57. The molecule has 2 aromatic carbocycles. The normalized spacial score (nSPS) is 10.7. The summed E-state index contributed by atoms with van der Waals surface area (Å²) in [5.41, 5.74) is 0.365. The largest absolute Gasteiger partial charge is 0.493 e. The fraction of sp³-hybridized carbons (Fsp3) is 0.150. The van der Waals surface area contributed by atoms with Crippen LogP contribution >= 0.6 is 11.3 Å². The molecule has 0 fully saturated rings. The van der Waals surface area contributed by atoms with Crippen molar-refractivity contribution in [1.29, 1.82) is 0 Å². The molecule has 4 aromatic rings. The molecule has 0 atom stereocenters. The van der Waals surface area contributed by atoms with Crippen molar-refractivity contribution >= 4 is 33.1 Å². The molecule has 0 spiro atoms. The Bertz CT molecular complexity index is 1280. The van der Waals surface area contributed by atoms with Gasteiger partial charge in [0.1, 0.15) is 6.54 Å². The summed E-state index contributed by atoms with van der Waals surface area (Å²) < 4.78 is 11.8. The summed E-state index contributed by atoms with van der Waals surface area (Å²) in [4.78, 5) is 24.9. The number of carbonyl (C=O) groups is 1. The summed E-state index contributed by atoms with van der Waals surface area (Å²) >= 11 is 1.18. The van der Waals surface area contributed by atoms with Gasteiger partial charge in [0.25, 0.3) is 5.56 Å². The van der Waals surface area contributed by atoms with Gasteiger partial charge in [-0.3, -0.25) is 14.9 Å². The Balaban J connectivity index is 1.53. The Kier molecular flexibility index (Phi) is 5.40. The Morgan fingerprint density at radius 2 is 1.93 bits per heavy atom. The van der Waals surface area contributed by atoms with Crippen LogP contribution in [0.25, 0.3) is 21.3 Å². The highest BCUT2D eigenvalue weighted by Gasteiger charge is 2.17. The summed E-state index contributed by atoms with van der Waals surface area (Å²) in [5.74, 6) is 0.665. The molecule has 152 valence electrons. The topological polar surface area (TPSA) is 108 Å². The number of amides is 1. The quantitative estimate of drug-likeness (QED) is 0.508. The number of anilines is 1. The van der Waals surface area contributed by atoms with Gasteiger partial charge in [-0.25, -0.2) is 4.68 Å². The number of rotatable bonds is 6. The van der Waals surface area contributed by atoms with Crippen LogP contribution in [0, 0.1) is 0 Å². The molecular weight excluding hydrogens is 406 g/mol. The van der Waals surface area contributed by atoms with Gasteiger partial charge in [0, 0.05) is 5.39 Å². The van der Waals surface area contributed by atoms with Crippen LogP contribution in [0.15, 0.2) is 53.5 Å². The number of methoxy groups -OCH3 is 2. The van der Waals surface area contributed by atoms with E-state index in [0.717, 1.165) is 10.1 Å². The Morgan fingerprint density at radius 3 is 2.73 bits per heavy atom.